The van der Waals surface area contributed by atoms with Gasteiger partial charge >= 0.3 is 6.18 Å². The van der Waals surface area contributed by atoms with Gasteiger partial charge in [-0.05, 0) is 35.9 Å². The van der Waals surface area contributed by atoms with Gasteiger partial charge in [-0.15, -0.1) is 0 Å². The number of sulfone groups is 1. The third kappa shape index (κ3) is 3.72. The molecule has 0 unspecified atom stereocenters. The van der Waals surface area contributed by atoms with Crippen molar-refractivity contribution in [3.63, 3.8) is 0 Å². The highest BCUT2D eigenvalue weighted by Crippen LogP contribution is 2.35. The molecule has 0 aliphatic carbocycles. The van der Waals surface area contributed by atoms with E-state index in [-0.39, 0.29) is 0 Å². The molecular weight excluding hydrogens is 339 g/mol. The van der Waals surface area contributed by atoms with Crippen LogP contribution < -0.4 is 5.73 Å². The molecule has 2 rings (SSSR count). The summed E-state index contributed by atoms with van der Waals surface area (Å²) in [4.78, 5) is -0.427. The predicted octanol–water partition coefficient (Wildman–Crippen LogP) is 3.91. The van der Waals surface area contributed by atoms with Gasteiger partial charge in [0.25, 0.3) is 0 Å². The van der Waals surface area contributed by atoms with Crippen LogP contribution in [0.1, 0.15) is 11.1 Å². The zero-order chi connectivity index (χ0) is 16.5. The lowest BCUT2D eigenvalue weighted by Crippen LogP contribution is -2.12. The molecule has 0 bridgehead atoms. The molecule has 0 fully saturated rings. The molecule has 118 valence electrons. The number of hydrogen-bond donors (Lipinski definition) is 1. The lowest BCUT2D eigenvalue weighted by atomic mass is 10.2. The number of benzene rings is 2. The molecule has 3 nitrogen and oxygen atoms in total. The van der Waals surface area contributed by atoms with E-state index in [1.165, 1.54) is 24.3 Å². The second kappa shape index (κ2) is 5.81. The van der Waals surface area contributed by atoms with Crippen LogP contribution in [0.2, 0.25) is 5.02 Å². The smallest absolute Gasteiger partial charge is 0.398 e. The number of halogens is 4. The first-order valence-corrected chi connectivity index (χ1v) is 8.06. The van der Waals surface area contributed by atoms with Crippen molar-refractivity contribution in [2.24, 2.45) is 0 Å². The van der Waals surface area contributed by atoms with Crippen LogP contribution in [-0.4, -0.2) is 8.42 Å². The molecule has 2 aromatic carbocycles. The number of nitrogens with two attached hydrogens (primary N) is 1. The minimum Gasteiger partial charge on any atom is -0.398 e. The van der Waals surface area contributed by atoms with Gasteiger partial charge in [0.1, 0.15) is 0 Å². The Kier molecular flexibility index (Phi) is 4.39. The Balaban J connectivity index is 2.39. The van der Waals surface area contributed by atoms with Crippen molar-refractivity contribution in [1.29, 1.82) is 0 Å². The zero-order valence-electron chi connectivity index (χ0n) is 11.1. The Morgan fingerprint density at radius 1 is 1.05 bits per heavy atom. The van der Waals surface area contributed by atoms with Crippen molar-refractivity contribution in [3.05, 3.63) is 58.6 Å². The molecule has 0 radical (unpaired) electrons. The highest BCUT2D eigenvalue weighted by atomic mass is 35.5. The summed E-state index contributed by atoms with van der Waals surface area (Å²) in [7, 11) is -3.92. The molecule has 0 spiro atoms. The topological polar surface area (TPSA) is 60.2 Å². The number of alkyl halides is 3. The highest BCUT2D eigenvalue weighted by Gasteiger charge is 2.34. The average Bonchev–Trinajstić information content (AvgIpc) is 2.40. The molecule has 0 saturated heterocycles. The summed E-state index contributed by atoms with van der Waals surface area (Å²) in [5.41, 5.74) is 4.01. The third-order valence-electron chi connectivity index (χ3n) is 2.96. The molecule has 22 heavy (non-hydrogen) atoms. The first-order valence-electron chi connectivity index (χ1n) is 6.03. The third-order valence-corrected chi connectivity index (χ3v) is 4.90. The largest absolute Gasteiger partial charge is 0.418 e. The van der Waals surface area contributed by atoms with E-state index in [0.717, 1.165) is 12.1 Å². The maximum atomic E-state index is 12.8. The number of nitrogen functional groups attached to an aromatic ring is 1. The van der Waals surface area contributed by atoms with Crippen molar-refractivity contribution >= 4 is 27.1 Å². The van der Waals surface area contributed by atoms with Gasteiger partial charge in [0.15, 0.2) is 9.84 Å². The van der Waals surface area contributed by atoms with E-state index in [9.17, 15) is 21.6 Å². The monoisotopic (exact) mass is 349 g/mol. The fraction of sp³-hybridized carbons (Fsp3) is 0.143. The van der Waals surface area contributed by atoms with E-state index in [1.807, 2.05) is 0 Å². The lowest BCUT2D eigenvalue weighted by Gasteiger charge is -2.12. The van der Waals surface area contributed by atoms with Crippen molar-refractivity contribution in [3.8, 4) is 0 Å². The Labute approximate surface area is 130 Å². The molecule has 0 amide bonds. The minimum atomic E-state index is -4.71. The van der Waals surface area contributed by atoms with Gasteiger partial charge in [0.2, 0.25) is 0 Å². The van der Waals surface area contributed by atoms with Gasteiger partial charge in [-0.25, -0.2) is 8.42 Å². The highest BCUT2D eigenvalue weighted by molar-refractivity contribution is 7.90. The van der Waals surface area contributed by atoms with E-state index in [1.54, 1.807) is 0 Å². The summed E-state index contributed by atoms with van der Waals surface area (Å²) in [5, 5.41) is 0.438. The van der Waals surface area contributed by atoms with Crippen LogP contribution in [0.5, 0.6) is 0 Å². The molecule has 0 saturated carbocycles. The van der Waals surface area contributed by atoms with Crippen molar-refractivity contribution < 1.29 is 21.6 Å². The SMILES string of the molecule is Nc1ccc(S(=O)(=O)Cc2ccc(Cl)cc2)cc1C(F)(F)F. The fourth-order valence-electron chi connectivity index (χ4n) is 1.86. The Hall–Kier alpha value is -1.73. The van der Waals surface area contributed by atoms with Gasteiger partial charge in [0, 0.05) is 10.7 Å². The molecule has 0 aliphatic rings. The molecule has 8 heteroatoms. The van der Waals surface area contributed by atoms with E-state index in [2.05, 4.69) is 0 Å². The summed E-state index contributed by atoms with van der Waals surface area (Å²) in [6, 6.07) is 8.59. The van der Waals surface area contributed by atoms with Crippen LogP contribution in [0.4, 0.5) is 18.9 Å². The van der Waals surface area contributed by atoms with E-state index >= 15 is 0 Å². The van der Waals surface area contributed by atoms with Gasteiger partial charge in [-0.3, -0.25) is 0 Å². The molecule has 2 aromatic rings. The van der Waals surface area contributed by atoms with Crippen LogP contribution in [0.25, 0.3) is 0 Å². The lowest BCUT2D eigenvalue weighted by molar-refractivity contribution is -0.137. The maximum Gasteiger partial charge on any atom is 0.418 e. The number of anilines is 1. The van der Waals surface area contributed by atoms with Gasteiger partial charge < -0.3 is 5.73 Å². The zero-order valence-corrected chi connectivity index (χ0v) is 12.6. The second-order valence-electron chi connectivity index (χ2n) is 4.63. The molecule has 0 aromatic heterocycles. The second-order valence-corrected chi connectivity index (χ2v) is 7.06. The number of hydrogen-bond acceptors (Lipinski definition) is 3. The quantitative estimate of drug-likeness (QED) is 0.854. The van der Waals surface area contributed by atoms with Gasteiger partial charge in [0.05, 0.1) is 16.2 Å². The van der Waals surface area contributed by atoms with Crippen LogP contribution in [0, 0.1) is 0 Å². The Morgan fingerprint density at radius 3 is 2.18 bits per heavy atom. The van der Waals surface area contributed by atoms with Crippen molar-refractivity contribution in [1.82, 2.24) is 0 Å². The average molecular weight is 350 g/mol. The van der Waals surface area contributed by atoms with E-state index < -0.39 is 37.9 Å². The van der Waals surface area contributed by atoms with E-state index in [0.29, 0.717) is 16.7 Å². The fourth-order valence-corrected chi connectivity index (χ4v) is 3.35. The Bertz CT molecular complexity index is 787. The van der Waals surface area contributed by atoms with Crippen molar-refractivity contribution in [2.75, 3.05) is 5.73 Å². The molecule has 0 aliphatic heterocycles. The van der Waals surface area contributed by atoms with Crippen LogP contribution in [0.15, 0.2) is 47.4 Å². The standard InChI is InChI=1S/C14H11ClF3NO2S/c15-10-3-1-9(2-4-10)8-22(20,21)11-5-6-13(19)12(7-11)14(16,17)18/h1-7H,8,19H2. The van der Waals surface area contributed by atoms with Gasteiger partial charge in [-0.1, -0.05) is 23.7 Å². The predicted molar refractivity (Wildman–Crippen MR) is 78.2 cm³/mol. The van der Waals surface area contributed by atoms with Crippen LogP contribution in [-0.2, 0) is 21.8 Å². The van der Waals surface area contributed by atoms with Crippen LogP contribution in [0.3, 0.4) is 0 Å². The number of rotatable bonds is 3. The molecule has 0 heterocycles. The summed E-state index contributed by atoms with van der Waals surface area (Å²) >= 11 is 5.70. The van der Waals surface area contributed by atoms with Gasteiger partial charge in [-0.2, -0.15) is 13.2 Å². The normalized spacial score (nSPS) is 12.4. The summed E-state index contributed by atoms with van der Waals surface area (Å²) in [6.07, 6.45) is -4.71. The summed E-state index contributed by atoms with van der Waals surface area (Å²) < 4.78 is 62.9. The summed E-state index contributed by atoms with van der Waals surface area (Å²) in [6.45, 7) is 0. The Morgan fingerprint density at radius 2 is 1.64 bits per heavy atom. The maximum absolute atomic E-state index is 12.8. The first kappa shape index (κ1) is 16.6. The molecular formula is C14H11ClF3NO2S. The van der Waals surface area contributed by atoms with Crippen molar-refractivity contribution in [2.45, 2.75) is 16.8 Å². The van der Waals surface area contributed by atoms with Crippen LogP contribution >= 0.6 is 11.6 Å². The first-order chi connectivity index (χ1) is 10.1. The molecule has 2 N–H and O–H groups in total. The molecule has 0 atom stereocenters. The minimum absolute atomic E-state index is 0.425. The summed E-state index contributed by atoms with van der Waals surface area (Å²) in [5.74, 6) is -0.425. The van der Waals surface area contributed by atoms with E-state index in [4.69, 9.17) is 17.3 Å².